The first-order chi connectivity index (χ1) is 12.1. The second kappa shape index (κ2) is 11.5. The number of carbonyl (C=O) groups is 2. The van der Waals surface area contributed by atoms with Gasteiger partial charge in [0.1, 0.15) is 23.0 Å². The van der Waals surface area contributed by atoms with Crippen LogP contribution in [0.5, 0.6) is 11.5 Å². The van der Waals surface area contributed by atoms with E-state index in [9.17, 15) is 9.59 Å². The van der Waals surface area contributed by atoms with Crippen LogP contribution in [0.15, 0.2) is 18.2 Å². The molecular weight excluding hydrogens is 320 g/mol. The van der Waals surface area contributed by atoms with Crippen molar-refractivity contribution in [3.05, 3.63) is 23.8 Å². The Kier molecular flexibility index (Phi) is 9.66. The van der Waals surface area contributed by atoms with Gasteiger partial charge in [0.2, 0.25) is 0 Å². The number of hydrogen-bond acceptors (Lipinski definition) is 5. The van der Waals surface area contributed by atoms with Crippen LogP contribution < -0.4 is 9.47 Å². The molecule has 0 amide bonds. The van der Waals surface area contributed by atoms with Crippen LogP contribution in [0, 0.1) is 5.92 Å². The molecule has 0 radical (unpaired) electrons. The van der Waals surface area contributed by atoms with Gasteiger partial charge in [-0.3, -0.25) is 9.59 Å². The van der Waals surface area contributed by atoms with Gasteiger partial charge in [-0.2, -0.15) is 0 Å². The van der Waals surface area contributed by atoms with Crippen LogP contribution in [-0.4, -0.2) is 32.6 Å². The van der Waals surface area contributed by atoms with Gasteiger partial charge in [-0.1, -0.05) is 45.6 Å². The highest BCUT2D eigenvalue weighted by Gasteiger charge is 2.32. The number of carbonyl (C=O) groups excluding carboxylic acids is 2. The van der Waals surface area contributed by atoms with E-state index in [1.54, 1.807) is 18.2 Å². The average molecular weight is 350 g/mol. The van der Waals surface area contributed by atoms with Gasteiger partial charge in [0.05, 0.1) is 20.8 Å². The molecule has 0 bridgehead atoms. The van der Waals surface area contributed by atoms with E-state index in [0.29, 0.717) is 30.1 Å². The second-order valence-electron chi connectivity index (χ2n) is 5.97. The summed E-state index contributed by atoms with van der Waals surface area (Å²) in [7, 11) is 2.99. The molecule has 1 unspecified atom stereocenters. The quantitative estimate of drug-likeness (QED) is 0.242. The van der Waals surface area contributed by atoms with Crippen molar-refractivity contribution < 1.29 is 23.8 Å². The van der Waals surface area contributed by atoms with Crippen molar-refractivity contribution in [3.8, 4) is 11.5 Å². The number of ketones is 1. The van der Waals surface area contributed by atoms with Crippen molar-refractivity contribution in [2.75, 3.05) is 20.8 Å². The maximum absolute atomic E-state index is 13.1. The molecule has 5 heteroatoms. The van der Waals surface area contributed by atoms with Gasteiger partial charge >= 0.3 is 5.97 Å². The van der Waals surface area contributed by atoms with E-state index in [1.165, 1.54) is 14.2 Å². The molecule has 140 valence electrons. The highest BCUT2D eigenvalue weighted by molar-refractivity contribution is 6.11. The first kappa shape index (κ1) is 21.0. The van der Waals surface area contributed by atoms with Crippen LogP contribution in [0.25, 0.3) is 0 Å². The summed E-state index contributed by atoms with van der Waals surface area (Å²) in [5.74, 6) is -0.771. The van der Waals surface area contributed by atoms with Crippen LogP contribution in [0.1, 0.15) is 62.7 Å². The number of ether oxygens (including phenoxy) is 3. The summed E-state index contributed by atoms with van der Waals surface area (Å²) in [5.41, 5.74) is 0.305. The highest BCUT2D eigenvalue weighted by atomic mass is 16.5. The molecule has 5 nitrogen and oxygen atoms in total. The third kappa shape index (κ3) is 6.07. The Bertz CT molecular complexity index is 531. The molecule has 0 spiro atoms. The molecule has 1 rings (SSSR count). The Morgan fingerprint density at radius 3 is 2.08 bits per heavy atom. The summed E-state index contributed by atoms with van der Waals surface area (Å²) in [5, 5.41) is 0. The van der Waals surface area contributed by atoms with Crippen LogP contribution in [-0.2, 0) is 9.53 Å². The summed E-state index contributed by atoms with van der Waals surface area (Å²) < 4.78 is 16.0. The molecule has 0 saturated carbocycles. The van der Waals surface area contributed by atoms with Crippen LogP contribution in [0.3, 0.4) is 0 Å². The molecule has 25 heavy (non-hydrogen) atoms. The van der Waals surface area contributed by atoms with Gasteiger partial charge < -0.3 is 14.2 Å². The average Bonchev–Trinajstić information content (AvgIpc) is 2.64. The Balaban J connectivity index is 3.02. The topological polar surface area (TPSA) is 61.8 Å². The van der Waals surface area contributed by atoms with Crippen molar-refractivity contribution in [2.24, 2.45) is 5.92 Å². The van der Waals surface area contributed by atoms with Crippen LogP contribution >= 0.6 is 0 Å². The minimum absolute atomic E-state index is 0.303. The van der Waals surface area contributed by atoms with Crippen molar-refractivity contribution in [1.29, 1.82) is 0 Å². The van der Waals surface area contributed by atoms with Crippen molar-refractivity contribution in [3.63, 3.8) is 0 Å². The fourth-order valence-electron chi connectivity index (χ4n) is 2.66. The molecule has 1 atom stereocenters. The van der Waals surface area contributed by atoms with Gasteiger partial charge in [-0.25, -0.2) is 0 Å². The predicted octanol–water partition coefficient (Wildman–Crippen LogP) is 4.43. The van der Waals surface area contributed by atoms with E-state index in [2.05, 4.69) is 6.92 Å². The molecule has 0 heterocycles. The fraction of sp³-hybridized carbons (Fsp3) is 0.600. The summed E-state index contributed by atoms with van der Waals surface area (Å²) in [6.07, 6.45) is 5.00. The lowest BCUT2D eigenvalue weighted by molar-refractivity contribution is -0.147. The molecule has 0 fully saturated rings. The SMILES string of the molecule is CCCCCOC(=O)C(CCCC)C(=O)c1c(OC)cccc1OC. The zero-order chi connectivity index (χ0) is 18.7. The number of rotatable bonds is 12. The first-order valence-corrected chi connectivity index (χ1v) is 9.02. The highest BCUT2D eigenvalue weighted by Crippen LogP contribution is 2.32. The smallest absolute Gasteiger partial charge is 0.316 e. The van der Waals surface area contributed by atoms with Gasteiger partial charge in [0.25, 0.3) is 0 Å². The van der Waals surface area contributed by atoms with Crippen LogP contribution in [0.4, 0.5) is 0 Å². The number of hydrogen-bond donors (Lipinski definition) is 0. The summed E-state index contributed by atoms with van der Waals surface area (Å²) in [6, 6.07) is 5.14. The zero-order valence-corrected chi connectivity index (χ0v) is 15.8. The number of benzene rings is 1. The van der Waals surface area contributed by atoms with E-state index >= 15 is 0 Å². The molecule has 0 aliphatic heterocycles. The van der Waals surface area contributed by atoms with Gasteiger partial charge in [0.15, 0.2) is 5.78 Å². The largest absolute Gasteiger partial charge is 0.496 e. The Morgan fingerprint density at radius 1 is 0.960 bits per heavy atom. The minimum atomic E-state index is -0.827. The summed E-state index contributed by atoms with van der Waals surface area (Å²) >= 11 is 0. The maximum atomic E-state index is 13.1. The van der Waals surface area contributed by atoms with Crippen molar-refractivity contribution in [2.45, 2.75) is 52.4 Å². The maximum Gasteiger partial charge on any atom is 0.316 e. The Labute approximate surface area is 150 Å². The van der Waals surface area contributed by atoms with Gasteiger partial charge in [-0.15, -0.1) is 0 Å². The lowest BCUT2D eigenvalue weighted by Gasteiger charge is -2.18. The third-order valence-corrected chi connectivity index (χ3v) is 4.11. The van der Waals surface area contributed by atoms with E-state index in [1.807, 2.05) is 6.92 Å². The zero-order valence-electron chi connectivity index (χ0n) is 15.8. The Hall–Kier alpha value is -2.04. The van der Waals surface area contributed by atoms with Crippen molar-refractivity contribution >= 4 is 11.8 Å². The number of Topliss-reactive ketones (excluding diaryl/α,β-unsaturated/α-hetero) is 1. The standard InChI is InChI=1S/C20H30O5/c1-5-7-9-14-25-20(22)15(11-8-6-2)19(21)18-16(23-3)12-10-13-17(18)24-4/h10,12-13,15H,5-9,11,14H2,1-4H3. The monoisotopic (exact) mass is 350 g/mol. The summed E-state index contributed by atoms with van der Waals surface area (Å²) in [6.45, 7) is 4.47. The van der Waals surface area contributed by atoms with E-state index < -0.39 is 11.9 Å². The number of methoxy groups -OCH3 is 2. The Morgan fingerprint density at radius 2 is 1.56 bits per heavy atom. The van der Waals surface area contributed by atoms with E-state index in [0.717, 1.165) is 32.1 Å². The molecule has 1 aromatic carbocycles. The van der Waals surface area contributed by atoms with Crippen molar-refractivity contribution in [1.82, 2.24) is 0 Å². The minimum Gasteiger partial charge on any atom is -0.496 e. The fourth-order valence-corrected chi connectivity index (χ4v) is 2.66. The molecule has 0 N–H and O–H groups in total. The van der Waals surface area contributed by atoms with Gasteiger partial charge in [0, 0.05) is 0 Å². The number of esters is 1. The molecular formula is C20H30O5. The third-order valence-electron chi connectivity index (χ3n) is 4.11. The normalized spacial score (nSPS) is 11.7. The molecule has 0 aliphatic carbocycles. The predicted molar refractivity (Wildman–Crippen MR) is 97.4 cm³/mol. The lowest BCUT2D eigenvalue weighted by Crippen LogP contribution is -2.27. The van der Waals surface area contributed by atoms with E-state index in [-0.39, 0.29) is 5.78 Å². The van der Waals surface area contributed by atoms with Crippen LogP contribution in [0.2, 0.25) is 0 Å². The second-order valence-corrected chi connectivity index (χ2v) is 5.97. The van der Waals surface area contributed by atoms with Gasteiger partial charge in [-0.05, 0) is 25.0 Å². The number of unbranched alkanes of at least 4 members (excludes halogenated alkanes) is 3. The van der Waals surface area contributed by atoms with E-state index in [4.69, 9.17) is 14.2 Å². The lowest BCUT2D eigenvalue weighted by atomic mass is 9.91. The first-order valence-electron chi connectivity index (χ1n) is 9.02. The summed E-state index contributed by atoms with van der Waals surface area (Å²) in [4.78, 5) is 25.6. The molecule has 0 aliphatic rings. The molecule has 1 aromatic rings. The molecule has 0 aromatic heterocycles. The molecule has 0 saturated heterocycles.